The molecule has 5 heteroatoms. The minimum absolute atomic E-state index is 0.0875. The number of nitrogens with zero attached hydrogens (tertiary/aromatic N) is 2. The third kappa shape index (κ3) is 4.74. The van der Waals surface area contributed by atoms with Crippen molar-refractivity contribution in [1.82, 2.24) is 4.90 Å². The molecule has 0 atom stereocenters. The standard InChI is InChI=1S/C25H26N2O3/c28-23-8-4-5-9-24(23)30-19-14-25(29)27-17-15-26(16-18-27)22-12-10-21(11-13-22)20-6-2-1-3-7-20/h1-13,28H,14-19H2. The molecule has 1 heterocycles. The fourth-order valence-electron chi connectivity index (χ4n) is 3.69. The number of benzene rings is 3. The van der Waals surface area contributed by atoms with E-state index in [-0.39, 0.29) is 18.3 Å². The number of carbonyl (C=O) groups is 1. The van der Waals surface area contributed by atoms with Gasteiger partial charge in [0, 0.05) is 31.9 Å². The molecule has 1 aliphatic heterocycles. The molecular formula is C25H26N2O3. The minimum atomic E-state index is 0.0875. The average Bonchev–Trinajstić information content (AvgIpc) is 2.81. The monoisotopic (exact) mass is 402 g/mol. The number of amides is 1. The third-order valence-electron chi connectivity index (χ3n) is 5.41. The molecule has 0 aromatic heterocycles. The zero-order valence-corrected chi connectivity index (χ0v) is 16.9. The zero-order valence-electron chi connectivity index (χ0n) is 16.9. The molecule has 1 N–H and O–H groups in total. The Hall–Kier alpha value is -3.47. The Morgan fingerprint density at radius 3 is 2.13 bits per heavy atom. The van der Waals surface area contributed by atoms with Gasteiger partial charge < -0.3 is 19.6 Å². The summed E-state index contributed by atoms with van der Waals surface area (Å²) >= 11 is 0. The van der Waals surface area contributed by atoms with Crippen LogP contribution in [0, 0.1) is 0 Å². The van der Waals surface area contributed by atoms with Gasteiger partial charge in [0.25, 0.3) is 0 Å². The first-order valence-electron chi connectivity index (χ1n) is 10.3. The largest absolute Gasteiger partial charge is 0.504 e. The summed E-state index contributed by atoms with van der Waals surface area (Å²) in [5, 5.41) is 9.72. The molecule has 0 radical (unpaired) electrons. The van der Waals surface area contributed by atoms with Gasteiger partial charge in [-0.15, -0.1) is 0 Å². The summed E-state index contributed by atoms with van der Waals surface area (Å²) in [6.07, 6.45) is 0.306. The van der Waals surface area contributed by atoms with E-state index in [1.807, 2.05) is 23.1 Å². The number of anilines is 1. The lowest BCUT2D eigenvalue weighted by Crippen LogP contribution is -2.49. The van der Waals surface area contributed by atoms with Gasteiger partial charge in [-0.1, -0.05) is 54.6 Å². The molecule has 0 unspecified atom stereocenters. The number of ether oxygens (including phenoxy) is 1. The second-order valence-electron chi connectivity index (χ2n) is 7.35. The second kappa shape index (κ2) is 9.35. The summed E-state index contributed by atoms with van der Waals surface area (Å²) < 4.78 is 5.53. The summed E-state index contributed by atoms with van der Waals surface area (Å²) in [5.41, 5.74) is 3.60. The smallest absolute Gasteiger partial charge is 0.226 e. The van der Waals surface area contributed by atoms with Crippen molar-refractivity contribution in [3.05, 3.63) is 78.9 Å². The number of hydrogen-bond acceptors (Lipinski definition) is 4. The molecule has 4 rings (SSSR count). The highest BCUT2D eigenvalue weighted by atomic mass is 16.5. The van der Waals surface area contributed by atoms with E-state index in [0.717, 1.165) is 13.1 Å². The maximum Gasteiger partial charge on any atom is 0.226 e. The van der Waals surface area contributed by atoms with Gasteiger partial charge in [-0.2, -0.15) is 0 Å². The van der Waals surface area contributed by atoms with Crippen LogP contribution in [0.3, 0.4) is 0 Å². The molecule has 154 valence electrons. The fourth-order valence-corrected chi connectivity index (χ4v) is 3.69. The quantitative estimate of drug-likeness (QED) is 0.672. The zero-order chi connectivity index (χ0) is 20.8. The van der Waals surface area contributed by atoms with Gasteiger partial charge in [-0.05, 0) is 35.4 Å². The van der Waals surface area contributed by atoms with Crippen LogP contribution < -0.4 is 9.64 Å². The van der Waals surface area contributed by atoms with Crippen LogP contribution in [-0.2, 0) is 4.79 Å². The summed E-state index contributed by atoms with van der Waals surface area (Å²) in [6, 6.07) is 25.8. The van der Waals surface area contributed by atoms with Gasteiger partial charge in [0.2, 0.25) is 5.91 Å². The van der Waals surface area contributed by atoms with E-state index < -0.39 is 0 Å². The SMILES string of the molecule is O=C(CCOc1ccccc1O)N1CCN(c2ccc(-c3ccccc3)cc2)CC1. The molecule has 1 saturated heterocycles. The van der Waals surface area contributed by atoms with Gasteiger partial charge >= 0.3 is 0 Å². The van der Waals surface area contributed by atoms with Gasteiger partial charge in [0.1, 0.15) is 0 Å². The van der Waals surface area contributed by atoms with Crippen LogP contribution in [0.25, 0.3) is 11.1 Å². The highest BCUT2D eigenvalue weighted by Gasteiger charge is 2.21. The fraction of sp³-hybridized carbons (Fsp3) is 0.240. The number of phenolic OH excluding ortho intramolecular Hbond substituents is 1. The van der Waals surface area contributed by atoms with Crippen molar-refractivity contribution in [2.45, 2.75) is 6.42 Å². The highest BCUT2D eigenvalue weighted by molar-refractivity contribution is 5.76. The van der Waals surface area contributed by atoms with E-state index >= 15 is 0 Å². The normalized spacial score (nSPS) is 13.9. The Balaban J connectivity index is 1.25. The molecule has 1 fully saturated rings. The van der Waals surface area contributed by atoms with E-state index in [9.17, 15) is 9.90 Å². The van der Waals surface area contributed by atoms with Crippen molar-refractivity contribution >= 4 is 11.6 Å². The lowest BCUT2D eigenvalue weighted by Gasteiger charge is -2.36. The maximum atomic E-state index is 12.5. The Morgan fingerprint density at radius 1 is 0.800 bits per heavy atom. The molecule has 1 amide bonds. The van der Waals surface area contributed by atoms with Crippen molar-refractivity contribution in [3.8, 4) is 22.6 Å². The van der Waals surface area contributed by atoms with Crippen LogP contribution in [-0.4, -0.2) is 48.7 Å². The van der Waals surface area contributed by atoms with Crippen LogP contribution >= 0.6 is 0 Å². The predicted octanol–water partition coefficient (Wildman–Crippen LogP) is 4.18. The van der Waals surface area contributed by atoms with Crippen molar-refractivity contribution in [2.24, 2.45) is 0 Å². The Kier molecular flexibility index (Phi) is 6.18. The van der Waals surface area contributed by atoms with Gasteiger partial charge in [0.05, 0.1) is 13.0 Å². The van der Waals surface area contributed by atoms with E-state index in [0.29, 0.717) is 25.3 Å². The van der Waals surface area contributed by atoms with Crippen molar-refractivity contribution in [1.29, 1.82) is 0 Å². The molecule has 0 spiro atoms. The van der Waals surface area contributed by atoms with Crippen molar-refractivity contribution in [3.63, 3.8) is 0 Å². The van der Waals surface area contributed by atoms with Crippen LogP contribution in [0.1, 0.15) is 6.42 Å². The molecule has 0 bridgehead atoms. The Labute approximate surface area is 177 Å². The van der Waals surface area contributed by atoms with Gasteiger partial charge in [0.15, 0.2) is 11.5 Å². The molecule has 5 nitrogen and oxygen atoms in total. The summed E-state index contributed by atoms with van der Waals surface area (Å²) in [6.45, 7) is 3.30. The van der Waals surface area contributed by atoms with Gasteiger partial charge in [-0.25, -0.2) is 0 Å². The first-order valence-corrected chi connectivity index (χ1v) is 10.3. The first-order chi connectivity index (χ1) is 14.7. The van der Waals surface area contributed by atoms with Crippen molar-refractivity contribution in [2.75, 3.05) is 37.7 Å². The third-order valence-corrected chi connectivity index (χ3v) is 5.41. The van der Waals surface area contributed by atoms with E-state index in [2.05, 4.69) is 41.3 Å². The first kappa shape index (κ1) is 19.8. The lowest BCUT2D eigenvalue weighted by atomic mass is 10.1. The molecule has 0 saturated carbocycles. The summed E-state index contributed by atoms with van der Waals surface area (Å²) in [5.74, 6) is 0.593. The van der Waals surface area contributed by atoms with Gasteiger partial charge in [-0.3, -0.25) is 4.79 Å². The van der Waals surface area contributed by atoms with Crippen LogP contribution in [0.4, 0.5) is 5.69 Å². The van der Waals surface area contributed by atoms with E-state index in [1.165, 1.54) is 16.8 Å². The number of para-hydroxylation sites is 2. The highest BCUT2D eigenvalue weighted by Crippen LogP contribution is 2.25. The number of aromatic hydroxyl groups is 1. The average molecular weight is 402 g/mol. The molecular weight excluding hydrogens is 376 g/mol. The summed E-state index contributed by atoms with van der Waals surface area (Å²) in [7, 11) is 0. The summed E-state index contributed by atoms with van der Waals surface area (Å²) in [4.78, 5) is 16.7. The number of rotatable bonds is 6. The Bertz CT molecular complexity index is 965. The molecule has 30 heavy (non-hydrogen) atoms. The molecule has 0 aliphatic carbocycles. The minimum Gasteiger partial charge on any atom is -0.504 e. The van der Waals surface area contributed by atoms with Crippen LogP contribution in [0.2, 0.25) is 0 Å². The number of carbonyl (C=O) groups excluding carboxylic acids is 1. The van der Waals surface area contributed by atoms with Crippen molar-refractivity contribution < 1.29 is 14.6 Å². The lowest BCUT2D eigenvalue weighted by molar-refractivity contribution is -0.132. The molecule has 3 aromatic carbocycles. The van der Waals surface area contributed by atoms with E-state index in [4.69, 9.17) is 4.74 Å². The van der Waals surface area contributed by atoms with Crippen LogP contribution in [0.5, 0.6) is 11.5 Å². The molecule has 3 aromatic rings. The number of phenols is 1. The Morgan fingerprint density at radius 2 is 1.43 bits per heavy atom. The topological polar surface area (TPSA) is 53.0 Å². The number of piperazine rings is 1. The van der Waals surface area contributed by atoms with Crippen LogP contribution in [0.15, 0.2) is 78.9 Å². The maximum absolute atomic E-state index is 12.5. The van der Waals surface area contributed by atoms with E-state index in [1.54, 1.807) is 24.3 Å². The second-order valence-corrected chi connectivity index (χ2v) is 7.35. The molecule has 1 aliphatic rings. The number of hydrogen-bond donors (Lipinski definition) is 1. The predicted molar refractivity (Wildman–Crippen MR) is 119 cm³/mol.